The van der Waals surface area contributed by atoms with Gasteiger partial charge in [0.15, 0.2) is 0 Å². The summed E-state index contributed by atoms with van der Waals surface area (Å²) >= 11 is 0. The molecule has 0 bridgehead atoms. The molecule has 0 radical (unpaired) electrons. The fourth-order valence-electron chi connectivity index (χ4n) is 1.47. The van der Waals surface area contributed by atoms with Crippen LogP contribution >= 0.6 is 12.4 Å². The number of fused-ring (bicyclic) bond motifs is 1. The number of amides is 1. The van der Waals surface area contributed by atoms with Crippen molar-refractivity contribution >= 4 is 24.0 Å². The number of nitrogens with two attached hydrogens (primary N) is 1. The molecule has 5 heteroatoms. The molecule has 1 atom stereocenters. The van der Waals surface area contributed by atoms with Gasteiger partial charge in [-0.2, -0.15) is 0 Å². The van der Waals surface area contributed by atoms with E-state index in [1.165, 1.54) is 4.90 Å². The Bertz CT molecular complexity index is 370. The lowest BCUT2D eigenvalue weighted by molar-refractivity contribution is -0.119. The molecule has 0 saturated carbocycles. The fraction of sp³-hybridized carbons (Fsp3) is 0.300. The van der Waals surface area contributed by atoms with Gasteiger partial charge in [0.05, 0.1) is 5.69 Å². The number of hydrogen-bond acceptors (Lipinski definition) is 3. The van der Waals surface area contributed by atoms with Crippen molar-refractivity contribution in [1.29, 1.82) is 0 Å². The first kappa shape index (κ1) is 11.8. The molecule has 0 aliphatic carbocycles. The van der Waals surface area contributed by atoms with Crippen LogP contribution in [-0.2, 0) is 4.79 Å². The third-order valence-corrected chi connectivity index (χ3v) is 2.29. The standard InChI is InChI=1S/C10H12N2O2.ClH/c1-12-8-4-2-3-5-9(8)14-6-7(11)10(12)13;/h2-5,7H,6,11H2,1H3;1H/t7-;/m1./s1. The maximum Gasteiger partial charge on any atom is 0.247 e. The molecule has 0 aromatic heterocycles. The highest BCUT2D eigenvalue weighted by atomic mass is 35.5. The lowest BCUT2D eigenvalue weighted by atomic mass is 10.2. The van der Waals surface area contributed by atoms with E-state index in [1.54, 1.807) is 7.05 Å². The van der Waals surface area contributed by atoms with Gasteiger partial charge in [0, 0.05) is 7.05 Å². The lowest BCUT2D eigenvalue weighted by Crippen LogP contribution is -2.43. The molecule has 15 heavy (non-hydrogen) atoms. The van der Waals surface area contributed by atoms with Gasteiger partial charge >= 0.3 is 0 Å². The van der Waals surface area contributed by atoms with E-state index in [0.29, 0.717) is 5.75 Å². The summed E-state index contributed by atoms with van der Waals surface area (Å²) in [6.07, 6.45) is 0. The molecule has 1 heterocycles. The summed E-state index contributed by atoms with van der Waals surface area (Å²) in [4.78, 5) is 13.2. The molecular formula is C10H13ClN2O2. The Morgan fingerprint density at radius 2 is 2.13 bits per heavy atom. The fourth-order valence-corrected chi connectivity index (χ4v) is 1.47. The Labute approximate surface area is 94.4 Å². The molecule has 1 aliphatic rings. The molecule has 0 unspecified atom stereocenters. The number of nitrogens with zero attached hydrogens (tertiary/aromatic N) is 1. The van der Waals surface area contributed by atoms with Gasteiger partial charge in [-0.1, -0.05) is 12.1 Å². The van der Waals surface area contributed by atoms with Crippen molar-refractivity contribution in [1.82, 2.24) is 0 Å². The van der Waals surface area contributed by atoms with Crippen molar-refractivity contribution in [3.63, 3.8) is 0 Å². The zero-order chi connectivity index (χ0) is 10.1. The summed E-state index contributed by atoms with van der Waals surface area (Å²) in [6.45, 7) is 0.236. The van der Waals surface area contributed by atoms with Crippen LogP contribution in [0.25, 0.3) is 0 Å². The van der Waals surface area contributed by atoms with Crippen molar-refractivity contribution in [2.45, 2.75) is 6.04 Å². The first-order valence-electron chi connectivity index (χ1n) is 4.45. The summed E-state index contributed by atoms with van der Waals surface area (Å²) in [7, 11) is 1.70. The van der Waals surface area contributed by atoms with Crippen LogP contribution in [0.5, 0.6) is 5.75 Å². The minimum absolute atomic E-state index is 0. The largest absolute Gasteiger partial charge is 0.489 e. The Kier molecular flexibility index (Phi) is 3.55. The second kappa shape index (κ2) is 4.51. The lowest BCUT2D eigenvalue weighted by Gasteiger charge is -2.17. The van der Waals surface area contributed by atoms with Crippen LogP contribution in [-0.4, -0.2) is 25.6 Å². The van der Waals surface area contributed by atoms with E-state index >= 15 is 0 Å². The first-order valence-corrected chi connectivity index (χ1v) is 4.45. The van der Waals surface area contributed by atoms with Crippen LogP contribution in [0.1, 0.15) is 0 Å². The van der Waals surface area contributed by atoms with E-state index in [-0.39, 0.29) is 24.9 Å². The third kappa shape index (κ3) is 2.06. The van der Waals surface area contributed by atoms with Crippen molar-refractivity contribution in [3.05, 3.63) is 24.3 Å². The normalized spacial score (nSPS) is 19.7. The topological polar surface area (TPSA) is 55.6 Å². The molecule has 82 valence electrons. The number of para-hydroxylation sites is 2. The number of carbonyl (C=O) groups excluding carboxylic acids is 1. The Morgan fingerprint density at radius 3 is 2.87 bits per heavy atom. The van der Waals surface area contributed by atoms with Gasteiger partial charge in [-0.15, -0.1) is 12.4 Å². The van der Waals surface area contributed by atoms with E-state index < -0.39 is 6.04 Å². The van der Waals surface area contributed by atoms with Crippen LogP contribution in [0, 0.1) is 0 Å². The minimum atomic E-state index is -0.576. The second-order valence-electron chi connectivity index (χ2n) is 3.28. The smallest absolute Gasteiger partial charge is 0.247 e. The first-order chi connectivity index (χ1) is 6.70. The molecule has 0 fully saturated rings. The van der Waals surface area contributed by atoms with Gasteiger partial charge < -0.3 is 15.4 Å². The van der Waals surface area contributed by atoms with Crippen molar-refractivity contribution < 1.29 is 9.53 Å². The number of ether oxygens (including phenoxy) is 1. The summed E-state index contributed by atoms with van der Waals surface area (Å²) in [6, 6.07) is 6.83. The summed E-state index contributed by atoms with van der Waals surface area (Å²) in [5.74, 6) is 0.589. The van der Waals surface area contributed by atoms with E-state index in [1.807, 2.05) is 24.3 Å². The molecule has 1 amide bonds. The number of halogens is 1. The zero-order valence-electron chi connectivity index (χ0n) is 8.34. The number of benzene rings is 1. The monoisotopic (exact) mass is 228 g/mol. The SMILES string of the molecule is CN1C(=O)[C@H](N)COc2ccccc21.Cl. The van der Waals surface area contributed by atoms with Gasteiger partial charge in [0.2, 0.25) is 5.91 Å². The predicted octanol–water partition coefficient (Wildman–Crippen LogP) is 0.791. The molecule has 1 aliphatic heterocycles. The average Bonchev–Trinajstić information content (AvgIpc) is 2.32. The Morgan fingerprint density at radius 1 is 1.47 bits per heavy atom. The summed E-state index contributed by atoms with van der Waals surface area (Å²) < 4.78 is 5.41. The van der Waals surface area contributed by atoms with Gasteiger partial charge in [0.1, 0.15) is 18.4 Å². The van der Waals surface area contributed by atoms with Crippen LogP contribution in [0.15, 0.2) is 24.3 Å². The summed E-state index contributed by atoms with van der Waals surface area (Å²) in [5.41, 5.74) is 6.40. The molecule has 4 nitrogen and oxygen atoms in total. The van der Waals surface area contributed by atoms with Crippen LogP contribution in [0.2, 0.25) is 0 Å². The number of carbonyl (C=O) groups is 1. The van der Waals surface area contributed by atoms with E-state index in [0.717, 1.165) is 5.69 Å². The molecule has 2 N–H and O–H groups in total. The van der Waals surface area contributed by atoms with E-state index in [4.69, 9.17) is 10.5 Å². The number of hydrogen-bond donors (Lipinski definition) is 1. The van der Waals surface area contributed by atoms with Crippen molar-refractivity contribution in [2.24, 2.45) is 5.73 Å². The maximum atomic E-state index is 11.6. The van der Waals surface area contributed by atoms with Crippen molar-refractivity contribution in [3.8, 4) is 5.75 Å². The van der Waals surface area contributed by atoms with Crippen molar-refractivity contribution in [2.75, 3.05) is 18.6 Å². The molecule has 0 saturated heterocycles. The maximum absolute atomic E-state index is 11.6. The number of rotatable bonds is 0. The van der Waals surface area contributed by atoms with Crippen LogP contribution in [0.3, 0.4) is 0 Å². The average molecular weight is 229 g/mol. The van der Waals surface area contributed by atoms with Gasteiger partial charge in [0.25, 0.3) is 0 Å². The zero-order valence-corrected chi connectivity index (χ0v) is 9.16. The second-order valence-corrected chi connectivity index (χ2v) is 3.28. The molecule has 1 aromatic rings. The molecule has 2 rings (SSSR count). The predicted molar refractivity (Wildman–Crippen MR) is 60.6 cm³/mol. The van der Waals surface area contributed by atoms with E-state index in [9.17, 15) is 4.79 Å². The highest BCUT2D eigenvalue weighted by molar-refractivity contribution is 5.98. The quantitative estimate of drug-likeness (QED) is 0.715. The third-order valence-electron chi connectivity index (χ3n) is 2.29. The van der Waals surface area contributed by atoms with Gasteiger partial charge in [-0.3, -0.25) is 4.79 Å². The van der Waals surface area contributed by atoms with E-state index in [2.05, 4.69) is 0 Å². The number of likely N-dealkylation sites (N-methyl/N-ethyl adjacent to an activating group) is 1. The minimum Gasteiger partial charge on any atom is -0.489 e. The Balaban J connectivity index is 0.00000112. The van der Waals surface area contributed by atoms with Gasteiger partial charge in [-0.05, 0) is 12.1 Å². The highest BCUT2D eigenvalue weighted by Gasteiger charge is 2.25. The highest BCUT2D eigenvalue weighted by Crippen LogP contribution is 2.29. The Hall–Kier alpha value is -1.26. The molecule has 1 aromatic carbocycles. The van der Waals surface area contributed by atoms with Gasteiger partial charge in [-0.25, -0.2) is 0 Å². The summed E-state index contributed by atoms with van der Waals surface area (Å²) in [5, 5.41) is 0. The molecular weight excluding hydrogens is 216 g/mol. The molecule has 0 spiro atoms. The van der Waals surface area contributed by atoms with Crippen LogP contribution < -0.4 is 15.4 Å². The van der Waals surface area contributed by atoms with Crippen LogP contribution in [0.4, 0.5) is 5.69 Å². The number of anilines is 1.